The summed E-state index contributed by atoms with van der Waals surface area (Å²) in [5, 5.41) is 2.86. The summed E-state index contributed by atoms with van der Waals surface area (Å²) in [6.45, 7) is 0.565. The second-order valence-corrected chi connectivity index (χ2v) is 3.37. The van der Waals surface area contributed by atoms with Crippen LogP contribution in [0.2, 0.25) is 0 Å². The number of benzene rings is 1. The van der Waals surface area contributed by atoms with Crippen molar-refractivity contribution in [3.8, 4) is 11.8 Å². The summed E-state index contributed by atoms with van der Waals surface area (Å²) >= 11 is 3.18. The van der Waals surface area contributed by atoms with Crippen LogP contribution in [0.4, 0.5) is 4.39 Å². The van der Waals surface area contributed by atoms with Gasteiger partial charge in [-0.25, -0.2) is 4.39 Å². The van der Waals surface area contributed by atoms with E-state index >= 15 is 0 Å². The Balaban J connectivity index is 2.85. The molecule has 0 aliphatic rings. The smallest absolute Gasteiger partial charge is 0.139 e. The second-order valence-electron chi connectivity index (χ2n) is 2.46. The van der Waals surface area contributed by atoms with Crippen molar-refractivity contribution in [2.45, 2.75) is 0 Å². The van der Waals surface area contributed by atoms with E-state index in [1.165, 1.54) is 6.07 Å². The van der Waals surface area contributed by atoms with Crippen LogP contribution in [-0.4, -0.2) is 13.6 Å². The van der Waals surface area contributed by atoms with Crippen LogP contribution < -0.4 is 5.32 Å². The van der Waals surface area contributed by atoms with E-state index in [1.54, 1.807) is 19.2 Å². The molecule has 1 aromatic rings. The zero-order chi connectivity index (χ0) is 9.68. The van der Waals surface area contributed by atoms with Crippen LogP contribution in [0.3, 0.4) is 0 Å². The molecular weight excluding hydrogens is 233 g/mol. The molecule has 0 radical (unpaired) electrons. The van der Waals surface area contributed by atoms with Crippen LogP contribution in [0.25, 0.3) is 0 Å². The zero-order valence-corrected chi connectivity index (χ0v) is 8.78. The lowest BCUT2D eigenvalue weighted by atomic mass is 10.2. The van der Waals surface area contributed by atoms with E-state index in [2.05, 4.69) is 33.1 Å². The van der Waals surface area contributed by atoms with Gasteiger partial charge in [-0.2, -0.15) is 0 Å². The average molecular weight is 242 g/mol. The van der Waals surface area contributed by atoms with E-state index < -0.39 is 0 Å². The van der Waals surface area contributed by atoms with E-state index in [9.17, 15) is 4.39 Å². The summed E-state index contributed by atoms with van der Waals surface area (Å²) in [5.74, 6) is 5.23. The summed E-state index contributed by atoms with van der Waals surface area (Å²) in [5.41, 5.74) is 0.429. The molecule has 1 aromatic carbocycles. The molecule has 13 heavy (non-hydrogen) atoms. The highest BCUT2D eigenvalue weighted by atomic mass is 79.9. The lowest BCUT2D eigenvalue weighted by Gasteiger charge is -1.94. The topological polar surface area (TPSA) is 12.0 Å². The highest BCUT2D eigenvalue weighted by molar-refractivity contribution is 9.10. The molecule has 0 aliphatic carbocycles. The van der Waals surface area contributed by atoms with E-state index in [-0.39, 0.29) is 5.82 Å². The minimum absolute atomic E-state index is 0.294. The first kappa shape index (κ1) is 10.2. The third-order valence-electron chi connectivity index (χ3n) is 1.42. The molecule has 0 saturated heterocycles. The molecule has 0 bridgehead atoms. The Morgan fingerprint density at radius 1 is 1.54 bits per heavy atom. The Morgan fingerprint density at radius 3 is 2.92 bits per heavy atom. The van der Waals surface area contributed by atoms with Gasteiger partial charge in [0.1, 0.15) is 5.82 Å². The van der Waals surface area contributed by atoms with Gasteiger partial charge >= 0.3 is 0 Å². The van der Waals surface area contributed by atoms with Crippen LogP contribution >= 0.6 is 15.9 Å². The maximum atomic E-state index is 13.1. The van der Waals surface area contributed by atoms with Gasteiger partial charge < -0.3 is 5.32 Å². The molecule has 1 nitrogen and oxygen atoms in total. The molecule has 0 amide bonds. The Kier molecular flexibility index (Phi) is 3.94. The van der Waals surface area contributed by atoms with Crippen molar-refractivity contribution in [3.63, 3.8) is 0 Å². The van der Waals surface area contributed by atoms with Crippen molar-refractivity contribution in [1.82, 2.24) is 5.32 Å². The first-order valence-corrected chi connectivity index (χ1v) is 4.62. The molecule has 1 N–H and O–H groups in total. The van der Waals surface area contributed by atoms with Gasteiger partial charge in [-0.15, -0.1) is 0 Å². The lowest BCUT2D eigenvalue weighted by molar-refractivity contribution is 0.623. The van der Waals surface area contributed by atoms with E-state index in [0.717, 1.165) is 4.47 Å². The van der Waals surface area contributed by atoms with Crippen molar-refractivity contribution in [2.24, 2.45) is 0 Å². The van der Waals surface area contributed by atoms with Crippen LogP contribution in [0.15, 0.2) is 22.7 Å². The standard InChI is InChI=1S/C10H9BrFN/c1-13-6-2-3-8-4-5-9(11)7-10(8)12/h4-5,7,13H,6H2,1H3. The molecular formula is C10H9BrFN. The van der Waals surface area contributed by atoms with E-state index in [4.69, 9.17) is 0 Å². The van der Waals surface area contributed by atoms with Crippen molar-refractivity contribution in [3.05, 3.63) is 34.1 Å². The highest BCUT2D eigenvalue weighted by Gasteiger charge is 1.97. The van der Waals surface area contributed by atoms with Gasteiger partial charge in [-0.3, -0.25) is 0 Å². The summed E-state index contributed by atoms with van der Waals surface area (Å²) < 4.78 is 13.9. The number of rotatable bonds is 1. The van der Waals surface area contributed by atoms with Crippen molar-refractivity contribution in [2.75, 3.05) is 13.6 Å². The summed E-state index contributed by atoms with van der Waals surface area (Å²) in [6, 6.07) is 4.83. The molecule has 0 unspecified atom stereocenters. The van der Waals surface area contributed by atoms with Gasteiger partial charge in [0, 0.05) is 4.47 Å². The van der Waals surface area contributed by atoms with Gasteiger partial charge in [0.15, 0.2) is 0 Å². The molecule has 0 spiro atoms. The molecule has 0 fully saturated rings. The van der Waals surface area contributed by atoms with Crippen molar-refractivity contribution < 1.29 is 4.39 Å². The van der Waals surface area contributed by atoms with Gasteiger partial charge in [-0.05, 0) is 25.2 Å². The number of hydrogen-bond donors (Lipinski definition) is 1. The molecule has 1 rings (SSSR count). The minimum Gasteiger partial charge on any atom is -0.309 e. The van der Waals surface area contributed by atoms with Crippen LogP contribution in [0, 0.1) is 17.7 Å². The predicted octanol–water partition coefficient (Wildman–Crippen LogP) is 2.16. The Morgan fingerprint density at radius 2 is 2.31 bits per heavy atom. The summed E-state index contributed by atoms with van der Waals surface area (Å²) in [7, 11) is 1.80. The SMILES string of the molecule is CNCC#Cc1ccc(Br)cc1F. The lowest BCUT2D eigenvalue weighted by Crippen LogP contribution is -2.04. The second kappa shape index (κ2) is 5.00. The van der Waals surface area contributed by atoms with E-state index in [0.29, 0.717) is 12.1 Å². The van der Waals surface area contributed by atoms with Gasteiger partial charge in [0.05, 0.1) is 12.1 Å². The molecule has 0 aromatic heterocycles. The van der Waals surface area contributed by atoms with E-state index in [1.807, 2.05) is 0 Å². The van der Waals surface area contributed by atoms with Crippen LogP contribution in [0.5, 0.6) is 0 Å². The third-order valence-corrected chi connectivity index (χ3v) is 1.91. The van der Waals surface area contributed by atoms with Crippen molar-refractivity contribution in [1.29, 1.82) is 0 Å². The maximum Gasteiger partial charge on any atom is 0.139 e. The fourth-order valence-electron chi connectivity index (χ4n) is 0.819. The van der Waals surface area contributed by atoms with Crippen molar-refractivity contribution >= 4 is 15.9 Å². The molecule has 0 atom stereocenters. The Bertz CT molecular complexity index is 352. The fourth-order valence-corrected chi connectivity index (χ4v) is 1.15. The van der Waals surface area contributed by atoms with Gasteiger partial charge in [0.2, 0.25) is 0 Å². The number of nitrogens with one attached hydrogen (secondary N) is 1. The first-order chi connectivity index (χ1) is 6.24. The number of halogens is 2. The summed E-state index contributed by atoms with van der Waals surface area (Å²) in [4.78, 5) is 0. The molecule has 68 valence electrons. The largest absolute Gasteiger partial charge is 0.309 e. The molecule has 3 heteroatoms. The third kappa shape index (κ3) is 3.17. The monoisotopic (exact) mass is 241 g/mol. The number of hydrogen-bond acceptors (Lipinski definition) is 1. The van der Waals surface area contributed by atoms with Gasteiger partial charge in [0.25, 0.3) is 0 Å². The predicted molar refractivity (Wildman–Crippen MR) is 54.9 cm³/mol. The quantitative estimate of drug-likeness (QED) is 0.744. The fraction of sp³-hybridized carbons (Fsp3) is 0.200. The average Bonchev–Trinajstić information content (AvgIpc) is 2.09. The zero-order valence-electron chi connectivity index (χ0n) is 7.20. The first-order valence-electron chi connectivity index (χ1n) is 3.82. The maximum absolute atomic E-state index is 13.1. The molecule has 0 saturated carbocycles. The van der Waals surface area contributed by atoms with Gasteiger partial charge in [-0.1, -0.05) is 27.8 Å². The minimum atomic E-state index is -0.294. The highest BCUT2D eigenvalue weighted by Crippen LogP contribution is 2.14. The summed E-state index contributed by atoms with van der Waals surface area (Å²) in [6.07, 6.45) is 0. The Labute approximate surface area is 85.5 Å². The molecule has 0 aliphatic heterocycles. The Hall–Kier alpha value is -0.850. The normalized spacial score (nSPS) is 9.15. The molecule has 0 heterocycles. The van der Waals surface area contributed by atoms with Crippen LogP contribution in [-0.2, 0) is 0 Å². The van der Waals surface area contributed by atoms with Crippen LogP contribution in [0.1, 0.15) is 5.56 Å².